The van der Waals surface area contributed by atoms with Gasteiger partial charge < -0.3 is 0 Å². The first-order valence-corrected chi connectivity index (χ1v) is 18.6. The van der Waals surface area contributed by atoms with Gasteiger partial charge in [-0.3, -0.25) is 0 Å². The fourth-order valence-corrected chi connectivity index (χ4v) is 6.73. The molecule has 6 rings (SSSR count). The van der Waals surface area contributed by atoms with Crippen LogP contribution in [0, 0.1) is 12.1 Å². The Morgan fingerprint density at radius 3 is 1.53 bits per heavy atom. The van der Waals surface area contributed by atoms with Crippen LogP contribution in [0.4, 0.5) is 0 Å². The topological polar surface area (TPSA) is 0 Å². The van der Waals surface area contributed by atoms with Crippen LogP contribution in [0.1, 0.15) is 35.6 Å². The van der Waals surface area contributed by atoms with Crippen molar-refractivity contribution in [3.8, 4) is 22.3 Å². The third-order valence-corrected chi connectivity index (χ3v) is 9.18. The van der Waals surface area contributed by atoms with Gasteiger partial charge in [-0.2, -0.15) is 59.7 Å². The first-order chi connectivity index (χ1) is 15.7. The van der Waals surface area contributed by atoms with Crippen molar-refractivity contribution < 1.29 is 18.9 Å². The number of hydrogen-bond acceptors (Lipinski definition) is 0. The average Bonchev–Trinajstić information content (AvgIpc) is 3.38. The Hall–Kier alpha value is -1.79. The molecule has 0 heterocycles. The van der Waals surface area contributed by atoms with E-state index in [4.69, 9.17) is 17.0 Å². The molecule has 0 amide bonds. The third-order valence-electron chi connectivity index (χ3n) is 5.59. The van der Waals surface area contributed by atoms with Gasteiger partial charge >= 0.3 is 53.0 Å². The summed E-state index contributed by atoms with van der Waals surface area (Å²) in [6, 6.07) is 36.2. The van der Waals surface area contributed by atoms with Crippen molar-refractivity contribution in [2.24, 2.45) is 0 Å². The summed E-state index contributed by atoms with van der Waals surface area (Å²) >= 11 is -1.80. The van der Waals surface area contributed by atoms with E-state index < -0.39 is 18.9 Å². The van der Waals surface area contributed by atoms with Crippen molar-refractivity contribution in [3.63, 3.8) is 0 Å². The monoisotopic (exact) mass is 532 g/mol. The van der Waals surface area contributed by atoms with Crippen LogP contribution in [-0.2, 0) is 31.7 Å². The van der Waals surface area contributed by atoms with Crippen LogP contribution in [0.25, 0.3) is 22.3 Å². The Labute approximate surface area is 206 Å². The summed E-state index contributed by atoms with van der Waals surface area (Å²) in [7, 11) is 11.0. The summed E-state index contributed by atoms with van der Waals surface area (Å²) in [6.45, 7) is 2.05. The first-order valence-electron chi connectivity index (χ1n) is 10.8. The Balaban J connectivity index is 0.000000124. The quantitative estimate of drug-likeness (QED) is 0.186. The fraction of sp³-hybridized carbons (Fsp3) is 0.138. The van der Waals surface area contributed by atoms with E-state index in [1.54, 1.807) is 0 Å². The van der Waals surface area contributed by atoms with Crippen LogP contribution in [0.2, 0.25) is 0 Å². The van der Waals surface area contributed by atoms with Gasteiger partial charge in [0.25, 0.3) is 0 Å². The van der Waals surface area contributed by atoms with E-state index in [0.717, 1.165) is 19.3 Å². The summed E-state index contributed by atoms with van der Waals surface area (Å²) in [4.78, 5) is 0. The minimum absolute atomic E-state index is 1.03. The molecule has 2 aliphatic rings. The van der Waals surface area contributed by atoms with Crippen molar-refractivity contribution in [3.05, 3.63) is 119 Å². The summed E-state index contributed by atoms with van der Waals surface area (Å²) in [5.74, 6) is 0. The van der Waals surface area contributed by atoms with Crippen molar-refractivity contribution in [2.45, 2.75) is 26.2 Å². The molecular weight excluding hydrogens is 510 g/mol. The fourth-order valence-electron chi connectivity index (χ4n) is 4.15. The molecule has 0 nitrogen and oxygen atoms in total. The molecule has 0 radical (unpaired) electrons. The van der Waals surface area contributed by atoms with Gasteiger partial charge in [0.15, 0.2) is 0 Å². The van der Waals surface area contributed by atoms with Gasteiger partial charge in [-0.1, -0.05) is 70.8 Å². The average molecular weight is 535 g/mol. The smallest absolute Gasteiger partial charge is 0.0253 e. The number of hydrogen-bond donors (Lipinski definition) is 0. The van der Waals surface area contributed by atoms with Gasteiger partial charge in [0.05, 0.1) is 0 Å². The maximum Gasteiger partial charge on any atom is -0.0253 e. The maximum atomic E-state index is 5.48. The molecule has 0 aromatic heterocycles. The van der Waals surface area contributed by atoms with Crippen LogP contribution in [0.3, 0.4) is 0 Å². The third kappa shape index (κ3) is 5.58. The van der Waals surface area contributed by atoms with E-state index in [-0.39, 0.29) is 0 Å². The van der Waals surface area contributed by atoms with Gasteiger partial charge in [0.1, 0.15) is 0 Å². The normalized spacial score (nSPS) is 11.5. The van der Waals surface area contributed by atoms with Crippen LogP contribution in [-0.4, -0.2) is 3.71 Å². The standard InChI is InChI=1S/2C13H9.C3H6.2ClH.Zr/c2*1-3-7-12-10(5-1)9-11-6-2-4-8-13(11)12;1-3-2;;;/h2*1-5,7-8H,9H2;1H,3H2,2H3;2*1H;/q2*-1;;;;+2/p-2. The van der Waals surface area contributed by atoms with Crippen molar-refractivity contribution in [1.82, 2.24) is 0 Å². The molecule has 3 heteroatoms. The summed E-state index contributed by atoms with van der Waals surface area (Å²) in [5.41, 5.74) is 11.0. The van der Waals surface area contributed by atoms with Crippen molar-refractivity contribution in [1.29, 1.82) is 0 Å². The van der Waals surface area contributed by atoms with Crippen molar-refractivity contribution in [2.75, 3.05) is 0 Å². The van der Waals surface area contributed by atoms with E-state index in [1.807, 2.05) is 22.8 Å². The van der Waals surface area contributed by atoms with Gasteiger partial charge in [0, 0.05) is 0 Å². The molecule has 4 aromatic rings. The molecule has 0 saturated carbocycles. The largest absolute Gasteiger partial charge is 0.179 e. The predicted molar refractivity (Wildman–Crippen MR) is 135 cm³/mol. The number of benzene rings is 4. The predicted octanol–water partition coefficient (Wildman–Crippen LogP) is 8.24. The van der Waals surface area contributed by atoms with E-state index in [0.29, 0.717) is 0 Å². The zero-order valence-corrected chi connectivity index (χ0v) is 22.0. The van der Waals surface area contributed by atoms with Crippen molar-refractivity contribution >= 4 is 20.7 Å². The Morgan fingerprint density at radius 2 is 1.12 bits per heavy atom. The molecule has 0 saturated heterocycles. The molecule has 4 aromatic carbocycles. The molecule has 160 valence electrons. The number of fused-ring (bicyclic) bond motifs is 6. The summed E-state index contributed by atoms with van der Waals surface area (Å²) in [6.07, 6.45) is 3.13. The second-order valence-corrected chi connectivity index (χ2v) is 16.1. The van der Waals surface area contributed by atoms with Gasteiger partial charge in [0.2, 0.25) is 0 Å². The SMILES string of the molecule is CC[CH]=[Zr]([Cl])[Cl].[c-]1cccc2c1Cc1ccccc1-2.[c-]1cccc2c1Cc1ccccc1-2. The Kier molecular flexibility index (Phi) is 8.31. The summed E-state index contributed by atoms with van der Waals surface area (Å²) < 4.78 is 2.02. The number of rotatable bonds is 1. The van der Waals surface area contributed by atoms with E-state index in [2.05, 4.69) is 84.9 Å². The minimum atomic E-state index is -1.80. The van der Waals surface area contributed by atoms with Gasteiger partial charge in [-0.25, -0.2) is 0 Å². The van der Waals surface area contributed by atoms with Crippen LogP contribution in [0.5, 0.6) is 0 Å². The number of halogens is 2. The second kappa shape index (κ2) is 11.4. The van der Waals surface area contributed by atoms with Crippen LogP contribution < -0.4 is 0 Å². The maximum absolute atomic E-state index is 5.48. The zero-order chi connectivity index (χ0) is 22.3. The molecule has 0 atom stereocenters. The minimum Gasteiger partial charge on any atom is -0.179 e. The molecule has 0 bridgehead atoms. The zero-order valence-electron chi connectivity index (χ0n) is 18.0. The summed E-state index contributed by atoms with van der Waals surface area (Å²) in [5, 5.41) is 0. The van der Waals surface area contributed by atoms with Gasteiger partial charge in [-0.05, 0) is 12.8 Å². The molecule has 0 fully saturated rings. The molecule has 0 spiro atoms. The molecule has 0 unspecified atom stereocenters. The Bertz CT molecular complexity index is 1060. The van der Waals surface area contributed by atoms with Crippen LogP contribution >= 0.6 is 17.0 Å². The first kappa shape index (κ1) is 23.4. The van der Waals surface area contributed by atoms with E-state index in [1.165, 1.54) is 44.5 Å². The van der Waals surface area contributed by atoms with Gasteiger partial charge in [-0.15, -0.1) is 11.1 Å². The molecule has 0 aliphatic heterocycles. The van der Waals surface area contributed by atoms with E-state index in [9.17, 15) is 0 Å². The van der Waals surface area contributed by atoms with Crippen LogP contribution in [0.15, 0.2) is 84.9 Å². The second-order valence-electron chi connectivity index (χ2n) is 7.69. The molecule has 2 aliphatic carbocycles. The molecule has 32 heavy (non-hydrogen) atoms. The molecule has 0 N–H and O–H groups in total. The van der Waals surface area contributed by atoms with E-state index >= 15 is 0 Å². The Morgan fingerprint density at radius 1 is 0.688 bits per heavy atom. The molecular formula is C29H24Cl2Zr-2.